The molecule has 1 saturated heterocycles. The van der Waals surface area contributed by atoms with Crippen molar-refractivity contribution in [1.29, 1.82) is 0 Å². The number of hydrogen-bond donors (Lipinski definition) is 1. The van der Waals surface area contributed by atoms with Gasteiger partial charge in [-0.3, -0.25) is 9.69 Å². The molecule has 1 N–H and O–H groups in total. The fourth-order valence-corrected chi connectivity index (χ4v) is 5.05. The molecule has 33 heavy (non-hydrogen) atoms. The first kappa shape index (κ1) is 21.8. The number of pyridine rings is 1. The average Bonchev–Trinajstić information content (AvgIpc) is 3.34. The lowest BCUT2D eigenvalue weighted by atomic mass is 9.95. The quantitative estimate of drug-likeness (QED) is 0.605. The number of morpholine rings is 1. The second-order valence-corrected chi connectivity index (χ2v) is 8.67. The van der Waals surface area contributed by atoms with Crippen molar-refractivity contribution < 1.29 is 14.2 Å². The van der Waals surface area contributed by atoms with Gasteiger partial charge >= 0.3 is 0 Å². The first-order chi connectivity index (χ1) is 16.2. The molecule has 10 nitrogen and oxygen atoms in total. The topological polar surface area (TPSA) is 107 Å². The van der Waals surface area contributed by atoms with Gasteiger partial charge in [0.1, 0.15) is 6.04 Å². The molecule has 2 aliphatic rings. The minimum atomic E-state index is -0.368. The predicted molar refractivity (Wildman–Crippen MR) is 122 cm³/mol. The maximum atomic E-state index is 13.4. The van der Waals surface area contributed by atoms with Crippen LogP contribution in [-0.4, -0.2) is 70.6 Å². The zero-order valence-corrected chi connectivity index (χ0v) is 19.1. The number of ether oxygens (including phenoxy) is 3. The highest BCUT2D eigenvalue weighted by Crippen LogP contribution is 2.35. The van der Waals surface area contributed by atoms with E-state index in [0.29, 0.717) is 54.7 Å². The van der Waals surface area contributed by atoms with Crippen molar-refractivity contribution in [1.82, 2.24) is 30.1 Å². The number of H-pyrrole nitrogens is 1. The Labute approximate surface area is 191 Å². The van der Waals surface area contributed by atoms with Crippen LogP contribution in [0.15, 0.2) is 23.0 Å². The smallest absolute Gasteiger partial charge is 0.253 e. The van der Waals surface area contributed by atoms with Gasteiger partial charge in [0.25, 0.3) is 5.56 Å². The summed E-state index contributed by atoms with van der Waals surface area (Å²) in [7, 11) is 3.18. The number of aromatic nitrogens is 5. The van der Waals surface area contributed by atoms with Crippen molar-refractivity contribution in [3.05, 3.63) is 39.9 Å². The molecule has 0 amide bonds. The fourth-order valence-electron chi connectivity index (χ4n) is 5.05. The van der Waals surface area contributed by atoms with Gasteiger partial charge in [-0.05, 0) is 35.4 Å². The van der Waals surface area contributed by atoms with Crippen LogP contribution in [0.3, 0.4) is 0 Å². The Morgan fingerprint density at radius 2 is 1.79 bits per heavy atom. The fraction of sp³-hybridized carbons (Fsp3) is 0.565. The van der Waals surface area contributed by atoms with Crippen LogP contribution in [0, 0.1) is 0 Å². The van der Waals surface area contributed by atoms with Gasteiger partial charge in [0.05, 0.1) is 39.0 Å². The summed E-state index contributed by atoms with van der Waals surface area (Å²) in [5.41, 5.74) is 1.14. The van der Waals surface area contributed by atoms with Gasteiger partial charge in [-0.25, -0.2) is 4.68 Å². The molecular formula is C23H30N6O4. The number of rotatable bonds is 6. The molecule has 2 aromatic heterocycles. The highest BCUT2D eigenvalue weighted by Gasteiger charge is 2.33. The van der Waals surface area contributed by atoms with Crippen LogP contribution < -0.4 is 15.0 Å². The Morgan fingerprint density at radius 3 is 2.52 bits per heavy atom. The van der Waals surface area contributed by atoms with E-state index in [1.807, 2.05) is 16.8 Å². The van der Waals surface area contributed by atoms with Gasteiger partial charge in [-0.2, -0.15) is 0 Å². The second-order valence-electron chi connectivity index (χ2n) is 8.67. The Morgan fingerprint density at radius 1 is 1.06 bits per heavy atom. The van der Waals surface area contributed by atoms with E-state index in [9.17, 15) is 4.79 Å². The van der Waals surface area contributed by atoms with Crippen molar-refractivity contribution in [2.24, 2.45) is 0 Å². The molecule has 0 bridgehead atoms. The Hall–Kier alpha value is -2.98. The first-order valence-corrected chi connectivity index (χ1v) is 11.6. The number of nitrogens with one attached hydrogen (secondary N) is 1. The van der Waals surface area contributed by atoms with Crippen molar-refractivity contribution in [3.8, 4) is 11.5 Å². The molecular weight excluding hydrogens is 424 g/mol. The van der Waals surface area contributed by atoms with Crippen LogP contribution in [0.1, 0.15) is 55.6 Å². The molecule has 176 valence electrons. The highest BCUT2D eigenvalue weighted by atomic mass is 16.5. The van der Waals surface area contributed by atoms with Crippen molar-refractivity contribution in [2.75, 3.05) is 40.5 Å². The van der Waals surface area contributed by atoms with Crippen molar-refractivity contribution >= 4 is 10.9 Å². The molecule has 3 heterocycles. The van der Waals surface area contributed by atoms with E-state index < -0.39 is 0 Å². The average molecular weight is 455 g/mol. The van der Waals surface area contributed by atoms with Crippen molar-refractivity contribution in [3.63, 3.8) is 0 Å². The third-order valence-corrected chi connectivity index (χ3v) is 6.77. The van der Waals surface area contributed by atoms with Gasteiger partial charge in [-0.15, -0.1) is 5.10 Å². The van der Waals surface area contributed by atoms with Crippen LogP contribution in [-0.2, 0) is 4.74 Å². The highest BCUT2D eigenvalue weighted by molar-refractivity contribution is 5.83. The Bertz CT molecular complexity index is 1160. The Balaban J connectivity index is 1.64. The van der Waals surface area contributed by atoms with Crippen LogP contribution in [0.25, 0.3) is 10.9 Å². The third-order valence-electron chi connectivity index (χ3n) is 6.77. The van der Waals surface area contributed by atoms with E-state index >= 15 is 0 Å². The van der Waals surface area contributed by atoms with Gasteiger partial charge in [-0.1, -0.05) is 19.3 Å². The van der Waals surface area contributed by atoms with E-state index in [-0.39, 0.29) is 17.6 Å². The molecule has 1 saturated carbocycles. The van der Waals surface area contributed by atoms with Crippen LogP contribution in [0.2, 0.25) is 0 Å². The SMILES string of the molecule is COc1cc2cc(C(c3nnnn3C3CCCCC3)N3CCOCC3)c(=O)[nH]c2cc1OC. The van der Waals surface area contributed by atoms with Gasteiger partial charge < -0.3 is 19.2 Å². The minimum Gasteiger partial charge on any atom is -0.493 e. The molecule has 1 aliphatic carbocycles. The molecule has 3 aromatic rings. The number of aromatic amines is 1. The van der Waals surface area contributed by atoms with E-state index in [1.54, 1.807) is 20.3 Å². The second kappa shape index (κ2) is 9.48. The Kier molecular flexibility index (Phi) is 6.28. The summed E-state index contributed by atoms with van der Waals surface area (Å²) in [6.07, 6.45) is 5.70. The molecule has 10 heteroatoms. The zero-order chi connectivity index (χ0) is 22.8. The summed E-state index contributed by atoms with van der Waals surface area (Å²) in [6, 6.07) is 5.49. The molecule has 5 rings (SSSR count). The number of methoxy groups -OCH3 is 2. The summed E-state index contributed by atoms with van der Waals surface area (Å²) in [5, 5.41) is 13.7. The van der Waals surface area contributed by atoms with Crippen molar-refractivity contribution in [2.45, 2.75) is 44.2 Å². The molecule has 0 spiro atoms. The number of tetrazole rings is 1. The number of hydrogen-bond acceptors (Lipinski definition) is 8. The predicted octanol–water partition coefficient (Wildman–Crippen LogP) is 2.46. The van der Waals surface area contributed by atoms with Gasteiger partial charge in [0.15, 0.2) is 17.3 Å². The summed E-state index contributed by atoms with van der Waals surface area (Å²) >= 11 is 0. The lowest BCUT2D eigenvalue weighted by molar-refractivity contribution is 0.0209. The summed E-state index contributed by atoms with van der Waals surface area (Å²) in [4.78, 5) is 18.7. The van der Waals surface area contributed by atoms with Crippen LogP contribution in [0.4, 0.5) is 0 Å². The standard InChI is InChI=1S/C23H30N6O4/c1-31-19-13-15-12-17(23(30)24-18(15)14-20(19)32-2)21(28-8-10-33-11-9-28)22-25-26-27-29(22)16-6-4-3-5-7-16/h12-14,16,21H,3-11H2,1-2H3,(H,24,30). The number of benzene rings is 1. The molecule has 1 atom stereocenters. The normalized spacial score (nSPS) is 19.0. The minimum absolute atomic E-state index is 0.163. The molecule has 1 aliphatic heterocycles. The molecule has 2 fully saturated rings. The lowest BCUT2D eigenvalue weighted by Crippen LogP contribution is -2.42. The summed E-state index contributed by atoms with van der Waals surface area (Å²) in [5.74, 6) is 1.89. The monoisotopic (exact) mass is 454 g/mol. The molecule has 1 aromatic carbocycles. The lowest BCUT2D eigenvalue weighted by Gasteiger charge is -2.34. The van der Waals surface area contributed by atoms with E-state index in [4.69, 9.17) is 14.2 Å². The van der Waals surface area contributed by atoms with Crippen LogP contribution >= 0.6 is 0 Å². The van der Waals surface area contributed by atoms with E-state index in [2.05, 4.69) is 25.4 Å². The number of fused-ring (bicyclic) bond motifs is 1. The zero-order valence-electron chi connectivity index (χ0n) is 19.1. The number of nitrogens with zero attached hydrogens (tertiary/aromatic N) is 5. The third kappa shape index (κ3) is 4.20. The molecule has 1 unspecified atom stereocenters. The maximum Gasteiger partial charge on any atom is 0.253 e. The van der Waals surface area contributed by atoms with Crippen LogP contribution in [0.5, 0.6) is 11.5 Å². The first-order valence-electron chi connectivity index (χ1n) is 11.6. The van der Waals surface area contributed by atoms with E-state index in [1.165, 1.54) is 19.3 Å². The maximum absolute atomic E-state index is 13.4. The summed E-state index contributed by atoms with van der Waals surface area (Å²) in [6.45, 7) is 2.62. The largest absolute Gasteiger partial charge is 0.493 e. The molecule has 0 radical (unpaired) electrons. The van der Waals surface area contributed by atoms with Gasteiger partial charge in [0.2, 0.25) is 0 Å². The van der Waals surface area contributed by atoms with E-state index in [0.717, 1.165) is 18.2 Å². The van der Waals surface area contributed by atoms with Gasteiger partial charge in [0, 0.05) is 30.1 Å². The summed E-state index contributed by atoms with van der Waals surface area (Å²) < 4.78 is 18.4.